The second kappa shape index (κ2) is 7.97. The highest BCUT2D eigenvalue weighted by molar-refractivity contribution is 7.89. The van der Waals surface area contributed by atoms with Crippen LogP contribution in [0, 0.1) is 0 Å². The summed E-state index contributed by atoms with van der Waals surface area (Å²) in [7, 11) is -3.47. The molecule has 0 radical (unpaired) electrons. The molecule has 0 aromatic heterocycles. The van der Waals surface area contributed by atoms with Crippen LogP contribution in [-0.4, -0.2) is 31.8 Å². The second-order valence-corrected chi connectivity index (χ2v) is 8.22. The van der Waals surface area contributed by atoms with E-state index >= 15 is 0 Å². The molecule has 140 valence electrons. The Morgan fingerprint density at radius 3 is 2.04 bits per heavy atom. The highest BCUT2D eigenvalue weighted by Crippen LogP contribution is 2.28. The van der Waals surface area contributed by atoms with Gasteiger partial charge in [0.1, 0.15) is 5.67 Å². The molecule has 0 aliphatic heterocycles. The molecule has 0 spiro atoms. The highest BCUT2D eigenvalue weighted by Gasteiger charge is 2.27. The number of nitrogens with one attached hydrogen (secondary N) is 1. The Morgan fingerprint density at radius 2 is 1.58 bits per heavy atom. The van der Waals surface area contributed by atoms with Crippen LogP contribution in [0.3, 0.4) is 0 Å². The Balaban J connectivity index is 2.13. The van der Waals surface area contributed by atoms with Gasteiger partial charge in [-0.3, -0.25) is 0 Å². The lowest BCUT2D eigenvalue weighted by atomic mass is 9.95. The summed E-state index contributed by atoms with van der Waals surface area (Å²) >= 11 is 0. The molecule has 26 heavy (non-hydrogen) atoms. The average Bonchev–Trinajstić information content (AvgIpc) is 2.60. The number of sulfonamides is 1. The predicted octanol–water partition coefficient (Wildman–Crippen LogP) is 3.57. The lowest BCUT2D eigenvalue weighted by molar-refractivity contribution is 0.0697. The Bertz CT molecular complexity index is 859. The Morgan fingerprint density at radius 1 is 1.08 bits per heavy atom. The number of carbonyl (C=O) groups is 1. The quantitative estimate of drug-likeness (QED) is 0.734. The molecule has 2 aromatic rings. The summed E-state index contributed by atoms with van der Waals surface area (Å²) in [5.74, 6) is -1.03. The van der Waals surface area contributed by atoms with Crippen molar-refractivity contribution in [3.8, 4) is 11.1 Å². The van der Waals surface area contributed by atoms with Gasteiger partial charge in [-0.15, -0.1) is 0 Å². The smallest absolute Gasteiger partial charge is 0.335 e. The van der Waals surface area contributed by atoms with E-state index in [2.05, 4.69) is 4.72 Å². The molecule has 0 saturated heterocycles. The zero-order valence-corrected chi connectivity index (χ0v) is 15.5. The van der Waals surface area contributed by atoms with Crippen LogP contribution in [0.25, 0.3) is 11.1 Å². The summed E-state index contributed by atoms with van der Waals surface area (Å²) in [5, 5.41) is 8.92. The highest BCUT2D eigenvalue weighted by atomic mass is 32.2. The molecule has 1 unspecified atom stereocenters. The van der Waals surface area contributed by atoms with Crippen LogP contribution >= 0.6 is 0 Å². The van der Waals surface area contributed by atoms with Gasteiger partial charge in [-0.2, -0.15) is 0 Å². The molecule has 2 rings (SSSR count). The summed E-state index contributed by atoms with van der Waals surface area (Å²) in [4.78, 5) is 10.9. The average molecular weight is 379 g/mol. The van der Waals surface area contributed by atoms with Gasteiger partial charge in [0.15, 0.2) is 0 Å². The van der Waals surface area contributed by atoms with Gasteiger partial charge >= 0.3 is 5.97 Å². The zero-order valence-electron chi connectivity index (χ0n) is 14.7. The molecule has 0 amide bonds. The number of halogens is 1. The van der Waals surface area contributed by atoms with Gasteiger partial charge in [0.2, 0.25) is 10.0 Å². The first-order chi connectivity index (χ1) is 12.1. The summed E-state index contributed by atoms with van der Waals surface area (Å²) in [6, 6.07) is 13.1. The molecule has 7 heteroatoms. The number of hydrogen-bond acceptors (Lipinski definition) is 3. The third kappa shape index (κ3) is 5.12. The molecule has 1 atom stereocenters. The molecular weight excluding hydrogens is 357 g/mol. The molecule has 2 aromatic carbocycles. The minimum atomic E-state index is -3.47. The normalized spacial score (nSPS) is 14.0. The van der Waals surface area contributed by atoms with E-state index < -0.39 is 21.7 Å². The van der Waals surface area contributed by atoms with Crippen molar-refractivity contribution in [2.75, 3.05) is 12.3 Å². The van der Waals surface area contributed by atoms with Crippen molar-refractivity contribution in [1.29, 1.82) is 0 Å². The standard InChI is InChI=1S/C19H22FNO4S/c1-3-12-26(24,25)21-13-19(2,20)17-10-8-15(9-11-17)14-4-6-16(7-5-14)18(22)23/h4-11,21H,3,12-13H2,1-2H3,(H,22,23). The van der Waals surface area contributed by atoms with Gasteiger partial charge in [0.25, 0.3) is 0 Å². The second-order valence-electron chi connectivity index (χ2n) is 6.30. The number of hydrogen-bond donors (Lipinski definition) is 2. The van der Waals surface area contributed by atoms with Crippen molar-refractivity contribution in [3.63, 3.8) is 0 Å². The van der Waals surface area contributed by atoms with Crippen LogP contribution in [0.15, 0.2) is 48.5 Å². The van der Waals surface area contributed by atoms with Gasteiger partial charge < -0.3 is 5.11 Å². The molecule has 5 nitrogen and oxygen atoms in total. The molecule has 0 aliphatic rings. The molecule has 0 saturated carbocycles. The predicted molar refractivity (Wildman–Crippen MR) is 99.4 cm³/mol. The van der Waals surface area contributed by atoms with E-state index in [0.29, 0.717) is 12.0 Å². The van der Waals surface area contributed by atoms with Gasteiger partial charge in [-0.1, -0.05) is 43.3 Å². The lowest BCUT2D eigenvalue weighted by Crippen LogP contribution is -2.36. The largest absolute Gasteiger partial charge is 0.478 e. The van der Waals surface area contributed by atoms with E-state index in [-0.39, 0.29) is 17.9 Å². The van der Waals surface area contributed by atoms with Crippen LogP contribution in [0.4, 0.5) is 4.39 Å². The van der Waals surface area contributed by atoms with Crippen LogP contribution in [-0.2, 0) is 15.7 Å². The lowest BCUT2D eigenvalue weighted by Gasteiger charge is -2.21. The van der Waals surface area contributed by atoms with Crippen molar-refractivity contribution in [1.82, 2.24) is 4.72 Å². The molecule has 0 bridgehead atoms. The Labute approximate surface area is 152 Å². The molecule has 2 N–H and O–H groups in total. The monoisotopic (exact) mass is 379 g/mol. The summed E-state index contributed by atoms with van der Waals surface area (Å²) in [6.07, 6.45) is 0.466. The van der Waals surface area contributed by atoms with Gasteiger partial charge in [0, 0.05) is 6.54 Å². The van der Waals surface area contributed by atoms with Gasteiger partial charge in [0.05, 0.1) is 11.3 Å². The maximum Gasteiger partial charge on any atom is 0.335 e. The summed E-state index contributed by atoms with van der Waals surface area (Å²) in [6.45, 7) is 2.75. The van der Waals surface area contributed by atoms with Crippen LogP contribution in [0.1, 0.15) is 36.2 Å². The third-order valence-corrected chi connectivity index (χ3v) is 5.58. The minimum Gasteiger partial charge on any atom is -0.478 e. The first-order valence-corrected chi connectivity index (χ1v) is 9.90. The molecule has 0 aliphatic carbocycles. The molecule has 0 heterocycles. The maximum atomic E-state index is 14.9. The fourth-order valence-corrected chi connectivity index (χ4v) is 3.68. The van der Waals surface area contributed by atoms with E-state index in [0.717, 1.165) is 11.1 Å². The summed E-state index contributed by atoms with van der Waals surface area (Å²) < 4.78 is 40.6. The number of carboxylic acids is 1. The minimum absolute atomic E-state index is 0.0334. The van der Waals surface area contributed by atoms with Crippen LogP contribution < -0.4 is 4.72 Å². The molecular formula is C19H22FNO4S. The summed E-state index contributed by atoms with van der Waals surface area (Å²) in [5.41, 5.74) is 0.342. The van der Waals surface area contributed by atoms with Crippen molar-refractivity contribution >= 4 is 16.0 Å². The number of aromatic carboxylic acids is 1. The van der Waals surface area contributed by atoms with Crippen molar-refractivity contribution in [2.24, 2.45) is 0 Å². The van der Waals surface area contributed by atoms with Crippen LogP contribution in [0.5, 0.6) is 0 Å². The first kappa shape index (κ1) is 20.1. The SMILES string of the molecule is CCCS(=O)(=O)NCC(C)(F)c1ccc(-c2ccc(C(=O)O)cc2)cc1. The van der Waals surface area contributed by atoms with Gasteiger partial charge in [-0.25, -0.2) is 22.3 Å². The Hall–Kier alpha value is -2.25. The first-order valence-electron chi connectivity index (χ1n) is 8.25. The van der Waals surface area contributed by atoms with Crippen molar-refractivity contribution in [3.05, 3.63) is 59.7 Å². The van der Waals surface area contributed by atoms with E-state index in [1.54, 1.807) is 43.3 Å². The number of carboxylic acid groups (broad SMARTS) is 1. The van der Waals surface area contributed by atoms with Gasteiger partial charge in [-0.05, 0) is 42.2 Å². The van der Waals surface area contributed by atoms with E-state index in [1.807, 2.05) is 0 Å². The third-order valence-electron chi connectivity index (χ3n) is 4.05. The zero-order chi connectivity index (χ0) is 19.4. The van der Waals surface area contributed by atoms with E-state index in [4.69, 9.17) is 5.11 Å². The Kier molecular flexibility index (Phi) is 6.15. The topological polar surface area (TPSA) is 83.5 Å². The van der Waals surface area contributed by atoms with Crippen molar-refractivity contribution < 1.29 is 22.7 Å². The fourth-order valence-electron chi connectivity index (χ4n) is 2.50. The maximum absolute atomic E-state index is 14.9. The number of rotatable bonds is 8. The van der Waals surface area contributed by atoms with E-state index in [9.17, 15) is 17.6 Å². The fraction of sp³-hybridized carbons (Fsp3) is 0.316. The van der Waals surface area contributed by atoms with Crippen LogP contribution in [0.2, 0.25) is 0 Å². The van der Waals surface area contributed by atoms with E-state index in [1.165, 1.54) is 19.1 Å². The number of alkyl halides is 1. The van der Waals surface area contributed by atoms with Crippen molar-refractivity contribution in [2.45, 2.75) is 25.9 Å². The molecule has 0 fully saturated rings. The number of benzene rings is 2.